The molecule has 3 nitrogen and oxygen atoms in total. The van der Waals surface area contributed by atoms with Crippen molar-refractivity contribution >= 4 is 10.9 Å². The van der Waals surface area contributed by atoms with Gasteiger partial charge < -0.3 is 4.98 Å². The first-order chi connectivity index (χ1) is 9.95. The summed E-state index contributed by atoms with van der Waals surface area (Å²) in [4.78, 5) is 18.4. The van der Waals surface area contributed by atoms with Crippen LogP contribution < -0.4 is 5.56 Å². The number of nitrogens with one attached hydrogen (secondary N) is 1. The largest absolute Gasteiger partial charge is 0.306 e. The Hall–Kier alpha value is -2.63. The molecule has 21 heavy (non-hydrogen) atoms. The highest BCUT2D eigenvalue weighted by Gasteiger charge is 2.11. The number of hydrogen-bond acceptors (Lipinski definition) is 2. The number of aromatic amines is 1. The number of H-pyrrole nitrogens is 1. The Morgan fingerprint density at radius 2 is 1.71 bits per heavy atom. The van der Waals surface area contributed by atoms with E-state index in [4.69, 9.17) is 0 Å². The van der Waals surface area contributed by atoms with Crippen molar-refractivity contribution in [2.45, 2.75) is 6.92 Å². The van der Waals surface area contributed by atoms with E-state index in [2.05, 4.69) is 9.97 Å². The molecular formula is C15H9F3N2O. The number of fused-ring (bicyclic) bond motifs is 1. The quantitative estimate of drug-likeness (QED) is 0.747. The van der Waals surface area contributed by atoms with Crippen LogP contribution in [0.3, 0.4) is 0 Å². The Kier molecular flexibility index (Phi) is 3.01. The molecule has 0 radical (unpaired) electrons. The first kappa shape index (κ1) is 13.4. The lowest BCUT2D eigenvalue weighted by molar-refractivity contribution is 0.510. The molecule has 0 atom stereocenters. The van der Waals surface area contributed by atoms with Gasteiger partial charge in [0.1, 0.15) is 11.6 Å². The zero-order valence-electron chi connectivity index (χ0n) is 10.9. The van der Waals surface area contributed by atoms with Gasteiger partial charge in [-0.3, -0.25) is 4.79 Å². The van der Waals surface area contributed by atoms with E-state index in [1.807, 2.05) is 0 Å². The normalized spacial score (nSPS) is 11.0. The van der Waals surface area contributed by atoms with Crippen molar-refractivity contribution in [1.29, 1.82) is 0 Å². The van der Waals surface area contributed by atoms with Gasteiger partial charge in [0.2, 0.25) is 0 Å². The molecule has 0 spiro atoms. The molecule has 106 valence electrons. The number of benzene rings is 2. The van der Waals surface area contributed by atoms with E-state index >= 15 is 0 Å². The molecule has 3 rings (SSSR count). The predicted octanol–water partition coefficient (Wildman–Crippen LogP) is 3.32. The summed E-state index contributed by atoms with van der Waals surface area (Å²) in [5.74, 6) is -2.57. The fraction of sp³-hybridized carbons (Fsp3) is 0.0667. The second-order valence-electron chi connectivity index (χ2n) is 4.66. The van der Waals surface area contributed by atoms with Crippen LogP contribution in [-0.4, -0.2) is 9.97 Å². The minimum Gasteiger partial charge on any atom is -0.306 e. The number of aromatic nitrogens is 2. The van der Waals surface area contributed by atoms with Crippen molar-refractivity contribution in [3.63, 3.8) is 0 Å². The number of halogens is 3. The number of rotatable bonds is 1. The molecule has 2 aromatic carbocycles. The van der Waals surface area contributed by atoms with E-state index in [1.54, 1.807) is 19.1 Å². The molecule has 0 aliphatic heterocycles. The van der Waals surface area contributed by atoms with Crippen LogP contribution in [0.15, 0.2) is 35.1 Å². The first-order valence-electron chi connectivity index (χ1n) is 6.11. The molecule has 0 saturated heterocycles. The highest BCUT2D eigenvalue weighted by Crippen LogP contribution is 2.20. The molecule has 6 heteroatoms. The molecule has 1 heterocycles. The predicted molar refractivity (Wildman–Crippen MR) is 72.4 cm³/mol. The highest BCUT2D eigenvalue weighted by molar-refractivity contribution is 5.79. The van der Waals surface area contributed by atoms with Crippen molar-refractivity contribution in [2.75, 3.05) is 0 Å². The van der Waals surface area contributed by atoms with Crippen LogP contribution in [0.5, 0.6) is 0 Å². The molecule has 0 fully saturated rings. The molecule has 1 aromatic heterocycles. The summed E-state index contributed by atoms with van der Waals surface area (Å²) < 4.78 is 40.0. The Morgan fingerprint density at radius 1 is 1.00 bits per heavy atom. The Balaban J connectivity index is 2.27. The van der Waals surface area contributed by atoms with Crippen LogP contribution >= 0.6 is 0 Å². The maximum absolute atomic E-state index is 13.6. The Bertz CT molecular complexity index is 919. The maximum Gasteiger partial charge on any atom is 0.259 e. The summed E-state index contributed by atoms with van der Waals surface area (Å²) >= 11 is 0. The molecule has 0 amide bonds. The molecule has 0 aliphatic carbocycles. The Morgan fingerprint density at radius 3 is 2.43 bits per heavy atom. The molecule has 0 saturated carbocycles. The second-order valence-corrected chi connectivity index (χ2v) is 4.66. The second kappa shape index (κ2) is 4.73. The molecule has 0 aliphatic rings. The monoisotopic (exact) mass is 290 g/mol. The summed E-state index contributed by atoms with van der Waals surface area (Å²) in [6, 6.07) is 5.98. The molecule has 1 N–H and O–H groups in total. The standard InChI is InChI=1S/C15H9F3N2O/c1-7-2-3-8(4-10(7)16)14-19-13-6-12(18)11(17)5-9(13)15(21)20-14/h2-6H,1H3,(H,19,20,21). The van der Waals surface area contributed by atoms with Crippen molar-refractivity contribution in [2.24, 2.45) is 0 Å². The summed E-state index contributed by atoms with van der Waals surface area (Å²) in [5, 5.41) is -0.0646. The Labute approximate surface area is 117 Å². The molecule has 3 aromatic rings. The van der Waals surface area contributed by atoms with Gasteiger partial charge in [-0.2, -0.15) is 0 Å². The van der Waals surface area contributed by atoms with E-state index in [9.17, 15) is 18.0 Å². The average Bonchev–Trinajstić information content (AvgIpc) is 2.44. The summed E-state index contributed by atoms with van der Waals surface area (Å²) in [7, 11) is 0. The van der Waals surface area contributed by atoms with Gasteiger partial charge in [-0.05, 0) is 24.6 Å². The maximum atomic E-state index is 13.6. The van der Waals surface area contributed by atoms with Crippen molar-refractivity contribution < 1.29 is 13.2 Å². The number of nitrogens with zero attached hydrogens (tertiary/aromatic N) is 1. The van der Waals surface area contributed by atoms with Gasteiger partial charge >= 0.3 is 0 Å². The fourth-order valence-electron chi connectivity index (χ4n) is 2.01. The van der Waals surface area contributed by atoms with E-state index in [0.717, 1.165) is 12.1 Å². The van der Waals surface area contributed by atoms with Crippen molar-refractivity contribution in [3.8, 4) is 11.4 Å². The zero-order chi connectivity index (χ0) is 15.1. The lowest BCUT2D eigenvalue weighted by atomic mass is 10.1. The van der Waals surface area contributed by atoms with Crippen LogP contribution in [0, 0.1) is 24.4 Å². The molecule has 0 bridgehead atoms. The minimum absolute atomic E-state index is 0.00799. The fourth-order valence-corrected chi connectivity index (χ4v) is 2.01. The zero-order valence-corrected chi connectivity index (χ0v) is 10.9. The summed E-state index contributed by atoms with van der Waals surface area (Å²) in [5.41, 5.74) is 0.195. The SMILES string of the molecule is Cc1ccc(-c2nc3cc(F)c(F)cc3c(=O)[nH]2)cc1F. The molecular weight excluding hydrogens is 281 g/mol. The van der Waals surface area contributed by atoms with Gasteiger partial charge in [-0.25, -0.2) is 18.2 Å². The van der Waals surface area contributed by atoms with Gasteiger partial charge in [-0.1, -0.05) is 12.1 Å². The third-order valence-electron chi connectivity index (χ3n) is 3.19. The number of hydrogen-bond donors (Lipinski definition) is 1. The lowest BCUT2D eigenvalue weighted by Gasteiger charge is -2.05. The van der Waals surface area contributed by atoms with Crippen LogP contribution in [0.25, 0.3) is 22.3 Å². The first-order valence-corrected chi connectivity index (χ1v) is 6.11. The third-order valence-corrected chi connectivity index (χ3v) is 3.19. The minimum atomic E-state index is -1.12. The topological polar surface area (TPSA) is 45.8 Å². The summed E-state index contributed by atoms with van der Waals surface area (Å²) in [6.07, 6.45) is 0. The van der Waals surface area contributed by atoms with E-state index in [1.165, 1.54) is 6.07 Å². The van der Waals surface area contributed by atoms with Gasteiger partial charge in [0.15, 0.2) is 11.6 Å². The highest BCUT2D eigenvalue weighted by atomic mass is 19.2. The lowest BCUT2D eigenvalue weighted by Crippen LogP contribution is -2.10. The van der Waals surface area contributed by atoms with Crippen LogP contribution in [0.2, 0.25) is 0 Å². The van der Waals surface area contributed by atoms with E-state index in [-0.39, 0.29) is 16.7 Å². The average molecular weight is 290 g/mol. The summed E-state index contributed by atoms with van der Waals surface area (Å²) in [6.45, 7) is 1.60. The smallest absolute Gasteiger partial charge is 0.259 e. The van der Waals surface area contributed by atoms with Gasteiger partial charge in [0.05, 0.1) is 10.9 Å². The van der Waals surface area contributed by atoms with E-state index in [0.29, 0.717) is 11.1 Å². The molecule has 0 unspecified atom stereocenters. The van der Waals surface area contributed by atoms with Gasteiger partial charge in [-0.15, -0.1) is 0 Å². The van der Waals surface area contributed by atoms with E-state index < -0.39 is 23.0 Å². The van der Waals surface area contributed by atoms with Gasteiger partial charge in [0.25, 0.3) is 5.56 Å². The van der Waals surface area contributed by atoms with Crippen molar-refractivity contribution in [3.05, 3.63) is 63.7 Å². The third kappa shape index (κ3) is 2.29. The van der Waals surface area contributed by atoms with Crippen LogP contribution in [0.1, 0.15) is 5.56 Å². The van der Waals surface area contributed by atoms with Crippen molar-refractivity contribution in [1.82, 2.24) is 9.97 Å². The number of aryl methyl sites for hydroxylation is 1. The van der Waals surface area contributed by atoms with Crippen LogP contribution in [0.4, 0.5) is 13.2 Å². The van der Waals surface area contributed by atoms with Gasteiger partial charge in [0, 0.05) is 11.6 Å². The van der Waals surface area contributed by atoms with Crippen LogP contribution in [-0.2, 0) is 0 Å².